The van der Waals surface area contributed by atoms with E-state index in [1.54, 1.807) is 7.11 Å². The van der Waals surface area contributed by atoms with Gasteiger partial charge in [-0.2, -0.15) is 0 Å². The molecule has 8 heteroatoms. The van der Waals surface area contributed by atoms with Crippen molar-refractivity contribution in [3.63, 3.8) is 0 Å². The quantitative estimate of drug-likeness (QED) is 0.189. The Morgan fingerprint density at radius 2 is 1.66 bits per heavy atom. The van der Waals surface area contributed by atoms with Gasteiger partial charge in [-0.15, -0.1) is 0 Å². The van der Waals surface area contributed by atoms with Crippen molar-refractivity contribution in [3.05, 3.63) is 117 Å². The highest BCUT2D eigenvalue weighted by atomic mass is 79.9. The molecule has 0 unspecified atom stereocenters. The molecule has 44 heavy (non-hydrogen) atoms. The van der Waals surface area contributed by atoms with Crippen molar-refractivity contribution in [1.82, 2.24) is 9.47 Å². The second-order valence-electron chi connectivity index (χ2n) is 11.6. The van der Waals surface area contributed by atoms with E-state index in [1.807, 2.05) is 77.7 Å². The summed E-state index contributed by atoms with van der Waals surface area (Å²) in [5, 5.41) is 1.67. The van der Waals surface area contributed by atoms with Gasteiger partial charge < -0.3 is 18.9 Å². The molecule has 1 fully saturated rings. The Morgan fingerprint density at radius 1 is 0.932 bits per heavy atom. The van der Waals surface area contributed by atoms with E-state index in [4.69, 9.17) is 21.1 Å². The predicted octanol–water partition coefficient (Wildman–Crippen LogP) is 8.42. The van der Waals surface area contributed by atoms with Crippen molar-refractivity contribution in [1.29, 1.82) is 0 Å². The summed E-state index contributed by atoms with van der Waals surface area (Å²) >= 11 is 9.65. The summed E-state index contributed by atoms with van der Waals surface area (Å²) in [6.45, 7) is 1.55. The van der Waals surface area contributed by atoms with Crippen LogP contribution in [0.3, 0.4) is 0 Å². The molecule has 6 nitrogen and oxygen atoms in total. The molecule has 3 heterocycles. The van der Waals surface area contributed by atoms with E-state index < -0.39 is 5.60 Å². The molecule has 0 bridgehead atoms. The van der Waals surface area contributed by atoms with Crippen LogP contribution >= 0.6 is 27.5 Å². The molecule has 1 saturated heterocycles. The molecule has 0 saturated carbocycles. The number of rotatable bonds is 5. The fourth-order valence-electron chi connectivity index (χ4n) is 6.38. The first-order valence-electron chi connectivity index (χ1n) is 14.6. The fourth-order valence-corrected chi connectivity index (χ4v) is 6.85. The molecular weight excluding hydrogens is 640 g/mol. The first-order chi connectivity index (χ1) is 21.3. The van der Waals surface area contributed by atoms with E-state index in [2.05, 4.69) is 38.7 Å². The van der Waals surface area contributed by atoms with E-state index in [0.717, 1.165) is 37.8 Å². The van der Waals surface area contributed by atoms with Crippen LogP contribution in [0.1, 0.15) is 45.7 Å². The van der Waals surface area contributed by atoms with Gasteiger partial charge in [0.2, 0.25) is 0 Å². The van der Waals surface area contributed by atoms with Crippen LogP contribution in [-0.4, -0.2) is 47.0 Å². The molecule has 5 aromatic rings. The number of Topliss-reactive ketones (excluding diaryl/α,β-unsaturated/α-hetero) is 1. The third-order valence-corrected chi connectivity index (χ3v) is 9.56. The lowest BCUT2D eigenvalue weighted by Crippen LogP contribution is -2.52. The van der Waals surface area contributed by atoms with Gasteiger partial charge in [0.1, 0.15) is 22.8 Å². The number of ether oxygens (including phenoxy) is 2. The molecule has 1 spiro atoms. The standard InChI is InChI=1S/C36H30BrClN2O4/c1-43-29-10-4-24(5-11-29)25-6-13-31-26(18-25)19-32(40(31)22-23-2-8-28(38)9-3-23)35(42)39-16-14-36(15-17-39)21-33(41)30-12-7-27(37)20-34(30)44-36/h2-13,18-20H,14-17,21-22H2,1H3. The number of benzene rings is 4. The molecule has 1 aromatic heterocycles. The second kappa shape index (κ2) is 11.5. The van der Waals surface area contributed by atoms with Crippen molar-refractivity contribution in [2.24, 2.45) is 0 Å². The number of methoxy groups -OCH3 is 1. The Morgan fingerprint density at radius 3 is 2.39 bits per heavy atom. The average molecular weight is 670 g/mol. The number of hydrogen-bond donors (Lipinski definition) is 0. The Kier molecular flexibility index (Phi) is 7.47. The van der Waals surface area contributed by atoms with E-state index in [9.17, 15) is 9.59 Å². The molecule has 0 radical (unpaired) electrons. The van der Waals surface area contributed by atoms with E-state index in [1.165, 1.54) is 0 Å². The van der Waals surface area contributed by atoms with Crippen molar-refractivity contribution in [3.8, 4) is 22.6 Å². The number of piperidine rings is 1. The number of carbonyl (C=O) groups is 2. The van der Waals surface area contributed by atoms with Gasteiger partial charge in [-0.3, -0.25) is 9.59 Å². The lowest BCUT2D eigenvalue weighted by Gasteiger charge is -2.44. The zero-order valence-corrected chi connectivity index (χ0v) is 26.5. The Labute approximate surface area is 269 Å². The Bertz CT molecular complexity index is 1890. The zero-order valence-electron chi connectivity index (χ0n) is 24.2. The molecule has 4 aromatic carbocycles. The van der Waals surface area contributed by atoms with Gasteiger partial charge in [0.15, 0.2) is 5.78 Å². The number of likely N-dealkylation sites (tertiary alicyclic amines) is 1. The van der Waals surface area contributed by atoms with Crippen LogP contribution in [0.2, 0.25) is 5.02 Å². The number of hydrogen-bond acceptors (Lipinski definition) is 4. The van der Waals surface area contributed by atoms with Crippen LogP contribution in [0, 0.1) is 0 Å². The Balaban J connectivity index is 1.19. The summed E-state index contributed by atoms with van der Waals surface area (Å²) < 4.78 is 14.8. The maximum atomic E-state index is 14.2. The minimum atomic E-state index is -0.592. The molecule has 2 aliphatic rings. The van der Waals surface area contributed by atoms with E-state index >= 15 is 0 Å². The SMILES string of the molecule is COc1ccc(-c2ccc3c(c2)cc(C(=O)N2CCC4(CC2)CC(=O)c2ccc(Br)cc2O4)n3Cc2ccc(Cl)cc2)cc1. The van der Waals surface area contributed by atoms with Crippen molar-refractivity contribution in [2.75, 3.05) is 20.2 Å². The van der Waals surface area contributed by atoms with Crippen LogP contribution in [0.5, 0.6) is 11.5 Å². The fraction of sp³-hybridized carbons (Fsp3) is 0.222. The van der Waals surface area contributed by atoms with Gasteiger partial charge in [0, 0.05) is 52.9 Å². The lowest BCUT2D eigenvalue weighted by atomic mass is 9.82. The van der Waals surface area contributed by atoms with Crippen molar-refractivity contribution in [2.45, 2.75) is 31.4 Å². The largest absolute Gasteiger partial charge is 0.497 e. The minimum absolute atomic E-state index is 0.0266. The molecule has 0 atom stereocenters. The van der Waals surface area contributed by atoms with Crippen LogP contribution in [-0.2, 0) is 6.54 Å². The first-order valence-corrected chi connectivity index (χ1v) is 15.8. The van der Waals surface area contributed by atoms with Crippen molar-refractivity contribution < 1.29 is 19.1 Å². The molecule has 0 N–H and O–H groups in total. The third kappa shape index (κ3) is 5.39. The van der Waals surface area contributed by atoms with Crippen LogP contribution in [0.15, 0.2) is 95.5 Å². The van der Waals surface area contributed by atoms with Crippen LogP contribution in [0.25, 0.3) is 22.0 Å². The normalized spacial score (nSPS) is 15.7. The molecular formula is C36H30BrClN2O4. The molecule has 2 aliphatic heterocycles. The topological polar surface area (TPSA) is 60.8 Å². The van der Waals surface area contributed by atoms with Gasteiger partial charge in [0.05, 0.1) is 19.1 Å². The van der Waals surface area contributed by atoms with E-state index in [-0.39, 0.29) is 11.7 Å². The number of halogens is 2. The predicted molar refractivity (Wildman–Crippen MR) is 176 cm³/mol. The van der Waals surface area contributed by atoms with Gasteiger partial charge in [-0.1, -0.05) is 57.9 Å². The summed E-state index contributed by atoms with van der Waals surface area (Å²) in [4.78, 5) is 29.1. The number of aromatic nitrogens is 1. The van der Waals surface area contributed by atoms with E-state index in [0.29, 0.717) is 60.9 Å². The summed E-state index contributed by atoms with van der Waals surface area (Å²) in [5.74, 6) is 1.49. The summed E-state index contributed by atoms with van der Waals surface area (Å²) in [6.07, 6.45) is 1.51. The van der Waals surface area contributed by atoms with Crippen LogP contribution < -0.4 is 9.47 Å². The smallest absolute Gasteiger partial charge is 0.270 e. The average Bonchev–Trinajstić information content (AvgIpc) is 3.39. The molecule has 7 rings (SSSR count). The monoisotopic (exact) mass is 668 g/mol. The molecule has 0 aliphatic carbocycles. The maximum absolute atomic E-state index is 14.2. The minimum Gasteiger partial charge on any atom is -0.497 e. The third-order valence-electron chi connectivity index (χ3n) is 8.81. The van der Waals surface area contributed by atoms with Crippen molar-refractivity contribution >= 4 is 50.1 Å². The highest BCUT2D eigenvalue weighted by Crippen LogP contribution is 2.41. The van der Waals surface area contributed by atoms with Gasteiger partial charge in [0.25, 0.3) is 5.91 Å². The first kappa shape index (κ1) is 28.7. The number of ketones is 1. The summed E-state index contributed by atoms with van der Waals surface area (Å²) in [7, 11) is 1.66. The van der Waals surface area contributed by atoms with Crippen LogP contribution in [0.4, 0.5) is 0 Å². The second-order valence-corrected chi connectivity index (χ2v) is 12.9. The summed E-state index contributed by atoms with van der Waals surface area (Å²) in [5.41, 5.74) is 4.84. The lowest BCUT2D eigenvalue weighted by molar-refractivity contribution is -0.00596. The van der Waals surface area contributed by atoms with Gasteiger partial charge >= 0.3 is 0 Å². The molecule has 1 amide bonds. The zero-order chi connectivity index (χ0) is 30.4. The Hall–Kier alpha value is -4.07. The number of fused-ring (bicyclic) bond motifs is 2. The number of amides is 1. The van der Waals surface area contributed by atoms with Gasteiger partial charge in [-0.25, -0.2) is 0 Å². The molecule has 222 valence electrons. The highest BCUT2D eigenvalue weighted by Gasteiger charge is 2.44. The maximum Gasteiger partial charge on any atom is 0.270 e. The highest BCUT2D eigenvalue weighted by molar-refractivity contribution is 9.10. The summed E-state index contributed by atoms with van der Waals surface area (Å²) in [6, 6.07) is 29.6. The number of nitrogens with zero attached hydrogens (tertiary/aromatic N) is 2. The number of carbonyl (C=O) groups excluding carboxylic acids is 2. The van der Waals surface area contributed by atoms with Gasteiger partial charge in [-0.05, 0) is 77.4 Å².